The highest BCUT2D eigenvalue weighted by atomic mass is 16.5. The third kappa shape index (κ3) is 4.73. The first kappa shape index (κ1) is 25.4. The number of morpholine rings is 1. The number of hydrogen-bond donors (Lipinski definition) is 0. The van der Waals surface area contributed by atoms with Gasteiger partial charge in [0.05, 0.1) is 57.6 Å². The molecule has 0 spiro atoms. The molecule has 3 aromatic rings. The predicted molar refractivity (Wildman–Crippen MR) is 139 cm³/mol. The fourth-order valence-corrected chi connectivity index (χ4v) is 4.58. The van der Waals surface area contributed by atoms with E-state index in [0.29, 0.717) is 36.0 Å². The van der Waals surface area contributed by atoms with Crippen molar-refractivity contribution in [3.63, 3.8) is 0 Å². The lowest BCUT2D eigenvalue weighted by Gasteiger charge is -2.31. The van der Waals surface area contributed by atoms with Gasteiger partial charge in [-0.2, -0.15) is 0 Å². The summed E-state index contributed by atoms with van der Waals surface area (Å²) in [5, 5.41) is 0. The van der Waals surface area contributed by atoms with Crippen molar-refractivity contribution in [3.05, 3.63) is 53.9 Å². The molecule has 0 unspecified atom stereocenters. The number of carbonyl (C=O) groups excluding carboxylic acids is 1. The third-order valence-corrected chi connectivity index (χ3v) is 6.37. The Balaban J connectivity index is 1.91. The minimum atomic E-state index is -0.350. The fraction of sp³-hybridized carbons (Fsp3) is 0.393. The van der Waals surface area contributed by atoms with Crippen LogP contribution in [0.15, 0.2) is 37.0 Å². The second kappa shape index (κ2) is 10.5. The van der Waals surface area contributed by atoms with Crippen LogP contribution in [0.3, 0.4) is 0 Å². The minimum absolute atomic E-state index is 0.222. The molecule has 8 heteroatoms. The highest BCUT2D eigenvalue weighted by Crippen LogP contribution is 2.42. The number of rotatable bonds is 8. The number of fused-ring (bicyclic) bond motifs is 1. The Bertz CT molecular complexity index is 1260. The average Bonchev–Trinajstić information content (AvgIpc) is 3.30. The summed E-state index contributed by atoms with van der Waals surface area (Å²) in [7, 11) is 4.77. The van der Waals surface area contributed by atoms with Crippen molar-refractivity contribution in [2.75, 3.05) is 47.6 Å². The molecule has 1 aromatic carbocycles. The molecule has 36 heavy (non-hydrogen) atoms. The molecule has 0 N–H and O–H groups in total. The molecular weight excluding hydrogens is 460 g/mol. The number of ether oxygens (including phenoxy) is 5. The summed E-state index contributed by atoms with van der Waals surface area (Å²) >= 11 is 0. The summed E-state index contributed by atoms with van der Waals surface area (Å²) in [5.74, 6) is 1.31. The average molecular weight is 495 g/mol. The van der Waals surface area contributed by atoms with Crippen molar-refractivity contribution in [3.8, 4) is 28.4 Å². The molecule has 0 bridgehead atoms. The van der Waals surface area contributed by atoms with Crippen LogP contribution in [-0.4, -0.2) is 69.0 Å². The molecule has 0 aliphatic carbocycles. The van der Waals surface area contributed by atoms with Crippen LogP contribution in [0.1, 0.15) is 35.5 Å². The van der Waals surface area contributed by atoms with E-state index in [1.165, 1.54) is 0 Å². The molecule has 1 saturated heterocycles. The Kier molecular flexibility index (Phi) is 7.45. The normalized spacial score (nSPS) is 13.7. The van der Waals surface area contributed by atoms with Crippen LogP contribution in [0.4, 0.5) is 0 Å². The molecule has 0 radical (unpaired) electrons. The van der Waals surface area contributed by atoms with E-state index in [1.54, 1.807) is 21.3 Å². The Morgan fingerprint density at radius 2 is 1.61 bits per heavy atom. The lowest BCUT2D eigenvalue weighted by Crippen LogP contribution is -2.35. The Hall–Kier alpha value is -3.65. The summed E-state index contributed by atoms with van der Waals surface area (Å²) in [6.07, 6.45) is 1.82. The molecule has 2 aromatic heterocycles. The van der Waals surface area contributed by atoms with Gasteiger partial charge in [-0.05, 0) is 56.2 Å². The van der Waals surface area contributed by atoms with E-state index < -0.39 is 0 Å². The number of benzene rings is 1. The van der Waals surface area contributed by atoms with Crippen molar-refractivity contribution in [1.29, 1.82) is 0 Å². The number of aromatic nitrogens is 1. The van der Waals surface area contributed by atoms with Crippen LogP contribution in [0.2, 0.25) is 0 Å². The van der Waals surface area contributed by atoms with Gasteiger partial charge in [0.15, 0.2) is 11.5 Å². The van der Waals surface area contributed by atoms with Gasteiger partial charge >= 0.3 is 5.97 Å². The summed E-state index contributed by atoms with van der Waals surface area (Å²) in [6.45, 7) is 12.8. The van der Waals surface area contributed by atoms with Crippen LogP contribution in [0, 0.1) is 6.92 Å². The van der Waals surface area contributed by atoms with Gasteiger partial charge in [-0.1, -0.05) is 6.58 Å². The SMILES string of the molecule is C=C(c1c(C)c(C(=O)OC(C)C)cc2cc(-c3cc(OC)c(OC)c(OC)c3)cn12)N1CCOCC1. The van der Waals surface area contributed by atoms with Gasteiger partial charge in [-0.25, -0.2) is 4.79 Å². The minimum Gasteiger partial charge on any atom is -0.493 e. The molecule has 3 heterocycles. The van der Waals surface area contributed by atoms with Gasteiger partial charge in [-0.3, -0.25) is 0 Å². The molecule has 1 fully saturated rings. The quantitative estimate of drug-likeness (QED) is 0.416. The summed E-state index contributed by atoms with van der Waals surface area (Å²) in [6, 6.07) is 7.72. The van der Waals surface area contributed by atoms with E-state index in [0.717, 1.165) is 46.7 Å². The number of hydrogen-bond acceptors (Lipinski definition) is 7. The highest BCUT2D eigenvalue weighted by molar-refractivity contribution is 5.94. The number of carbonyl (C=O) groups is 1. The van der Waals surface area contributed by atoms with Crippen LogP contribution in [0.25, 0.3) is 22.3 Å². The Morgan fingerprint density at radius 3 is 2.17 bits per heavy atom. The molecular formula is C28H34N2O6. The molecule has 8 nitrogen and oxygen atoms in total. The Morgan fingerprint density at radius 1 is 0.972 bits per heavy atom. The zero-order valence-electron chi connectivity index (χ0n) is 21.8. The summed E-state index contributed by atoms with van der Waals surface area (Å²) in [4.78, 5) is 15.2. The molecule has 192 valence electrons. The molecule has 0 atom stereocenters. The van der Waals surface area contributed by atoms with E-state index in [9.17, 15) is 4.79 Å². The van der Waals surface area contributed by atoms with Gasteiger partial charge < -0.3 is 33.0 Å². The van der Waals surface area contributed by atoms with Crippen molar-refractivity contribution >= 4 is 17.2 Å². The van der Waals surface area contributed by atoms with Gasteiger partial charge in [0.2, 0.25) is 5.75 Å². The van der Waals surface area contributed by atoms with Crippen molar-refractivity contribution in [2.45, 2.75) is 26.9 Å². The number of esters is 1. The first-order valence-electron chi connectivity index (χ1n) is 12.0. The summed E-state index contributed by atoms with van der Waals surface area (Å²) < 4.78 is 29.8. The monoisotopic (exact) mass is 494 g/mol. The third-order valence-electron chi connectivity index (χ3n) is 6.37. The second-order valence-electron chi connectivity index (χ2n) is 8.97. The van der Waals surface area contributed by atoms with Crippen molar-refractivity contribution < 1.29 is 28.5 Å². The van der Waals surface area contributed by atoms with E-state index in [2.05, 4.69) is 15.9 Å². The van der Waals surface area contributed by atoms with Crippen molar-refractivity contribution in [2.24, 2.45) is 0 Å². The molecule has 1 aliphatic heterocycles. The van der Waals surface area contributed by atoms with Gasteiger partial charge in [0.1, 0.15) is 0 Å². The van der Waals surface area contributed by atoms with Gasteiger partial charge in [-0.15, -0.1) is 0 Å². The first-order chi connectivity index (χ1) is 17.3. The number of pyridine rings is 1. The largest absolute Gasteiger partial charge is 0.493 e. The van der Waals surface area contributed by atoms with Gasteiger partial charge in [0, 0.05) is 30.4 Å². The maximum Gasteiger partial charge on any atom is 0.338 e. The topological polar surface area (TPSA) is 70.9 Å². The molecule has 4 rings (SSSR count). The second-order valence-corrected chi connectivity index (χ2v) is 8.97. The lowest BCUT2D eigenvalue weighted by atomic mass is 10.0. The van der Waals surface area contributed by atoms with Crippen LogP contribution in [-0.2, 0) is 9.47 Å². The smallest absolute Gasteiger partial charge is 0.338 e. The highest BCUT2D eigenvalue weighted by Gasteiger charge is 2.24. The maximum absolute atomic E-state index is 13.0. The predicted octanol–water partition coefficient (Wildman–Crippen LogP) is 4.81. The standard InChI is InChI=1S/C28H34N2O6/c1-17(2)36-28(31)23-15-22-12-21(20-13-24(32-5)27(34-7)25(14-20)33-6)16-30(22)26(18(23)3)19(4)29-8-10-35-11-9-29/h12-17H,4,8-11H2,1-3,5-7H3. The Labute approximate surface area is 212 Å². The van der Waals surface area contributed by atoms with E-state index in [4.69, 9.17) is 23.7 Å². The van der Waals surface area contributed by atoms with Crippen LogP contribution in [0.5, 0.6) is 17.2 Å². The maximum atomic E-state index is 13.0. The van der Waals surface area contributed by atoms with Crippen LogP contribution < -0.4 is 14.2 Å². The zero-order chi connectivity index (χ0) is 26.0. The van der Waals surface area contributed by atoms with Crippen molar-refractivity contribution in [1.82, 2.24) is 9.30 Å². The first-order valence-corrected chi connectivity index (χ1v) is 12.0. The van der Waals surface area contributed by atoms with Crippen LogP contribution >= 0.6 is 0 Å². The molecule has 0 saturated carbocycles. The number of nitrogens with zero attached hydrogens (tertiary/aromatic N) is 2. The lowest BCUT2D eigenvalue weighted by molar-refractivity contribution is 0.0376. The fourth-order valence-electron chi connectivity index (χ4n) is 4.58. The zero-order valence-corrected chi connectivity index (χ0v) is 21.8. The molecule has 1 aliphatic rings. The van der Waals surface area contributed by atoms with E-state index in [1.807, 2.05) is 51.2 Å². The molecule has 0 amide bonds. The van der Waals surface area contributed by atoms with Gasteiger partial charge in [0.25, 0.3) is 0 Å². The van der Waals surface area contributed by atoms with E-state index in [-0.39, 0.29) is 12.1 Å². The summed E-state index contributed by atoms with van der Waals surface area (Å²) in [5.41, 5.74) is 5.71. The van der Waals surface area contributed by atoms with E-state index >= 15 is 0 Å². The number of methoxy groups -OCH3 is 3.